The van der Waals surface area contributed by atoms with E-state index < -0.39 is 0 Å². The molecule has 1 heterocycles. The van der Waals surface area contributed by atoms with Crippen molar-refractivity contribution < 1.29 is 4.79 Å². The van der Waals surface area contributed by atoms with Crippen LogP contribution in [0.2, 0.25) is 10.0 Å². The number of carbonyl (C=O) groups excluding carboxylic acids is 1. The van der Waals surface area contributed by atoms with Gasteiger partial charge in [-0.15, -0.1) is 5.10 Å². The zero-order chi connectivity index (χ0) is 12.4. The molecule has 0 atom stereocenters. The molecule has 0 aliphatic heterocycles. The van der Waals surface area contributed by atoms with Gasteiger partial charge in [-0.05, 0) is 18.2 Å². The highest BCUT2D eigenvalue weighted by atomic mass is 35.5. The molecule has 0 aliphatic rings. The normalized spacial score (nSPS) is 10.3. The van der Waals surface area contributed by atoms with Crippen molar-refractivity contribution in [3.8, 4) is 0 Å². The van der Waals surface area contributed by atoms with Gasteiger partial charge in [0, 0.05) is 12.7 Å². The summed E-state index contributed by atoms with van der Waals surface area (Å²) < 4.78 is 0. The lowest BCUT2D eigenvalue weighted by Gasteiger charge is -2.03. The van der Waals surface area contributed by atoms with E-state index >= 15 is 0 Å². The van der Waals surface area contributed by atoms with E-state index in [2.05, 4.69) is 15.5 Å². The van der Waals surface area contributed by atoms with Gasteiger partial charge in [-0.2, -0.15) is 9.90 Å². The van der Waals surface area contributed by atoms with Gasteiger partial charge in [-0.25, -0.2) is 0 Å². The van der Waals surface area contributed by atoms with Crippen LogP contribution in [0.25, 0.3) is 0 Å². The number of rotatable bonds is 2. The number of nitrogens with one attached hydrogen (secondary N) is 1. The van der Waals surface area contributed by atoms with E-state index in [4.69, 9.17) is 23.2 Å². The number of hydrogen-bond acceptors (Lipinski definition) is 3. The molecular formula is C10H8Cl2N4O. The summed E-state index contributed by atoms with van der Waals surface area (Å²) >= 11 is 11.6. The van der Waals surface area contributed by atoms with Crippen LogP contribution in [0.5, 0.6) is 0 Å². The molecule has 0 saturated carbocycles. The first-order chi connectivity index (χ1) is 8.06. The maximum Gasteiger partial charge on any atom is 0.277 e. The number of benzene rings is 1. The molecule has 1 amide bonds. The maximum atomic E-state index is 11.7. The van der Waals surface area contributed by atoms with Crippen LogP contribution in [0.4, 0.5) is 5.69 Å². The Balaban J connectivity index is 2.15. The number of carbonyl (C=O) groups is 1. The molecule has 0 aliphatic carbocycles. The van der Waals surface area contributed by atoms with Crippen molar-refractivity contribution >= 4 is 34.8 Å². The average Bonchev–Trinajstić information content (AvgIpc) is 2.70. The third kappa shape index (κ3) is 2.75. The monoisotopic (exact) mass is 270 g/mol. The maximum absolute atomic E-state index is 11.7. The van der Waals surface area contributed by atoms with Crippen LogP contribution in [-0.2, 0) is 7.05 Å². The first kappa shape index (κ1) is 11.9. The molecule has 88 valence electrons. The minimum Gasteiger partial charge on any atom is -0.320 e. The van der Waals surface area contributed by atoms with E-state index in [1.54, 1.807) is 25.2 Å². The van der Waals surface area contributed by atoms with Gasteiger partial charge in [-0.1, -0.05) is 23.2 Å². The highest BCUT2D eigenvalue weighted by Crippen LogP contribution is 2.25. The standard InChI is InChI=1S/C10H8Cl2N4O/c1-16-13-5-9(15-16)10(17)14-6-2-3-7(11)8(12)4-6/h2-5H,1H3,(H,14,17). The molecule has 1 aromatic heterocycles. The Morgan fingerprint density at radius 1 is 1.35 bits per heavy atom. The van der Waals surface area contributed by atoms with Crippen LogP contribution >= 0.6 is 23.2 Å². The highest BCUT2D eigenvalue weighted by Gasteiger charge is 2.10. The minimum absolute atomic E-state index is 0.235. The van der Waals surface area contributed by atoms with Crippen LogP contribution in [-0.4, -0.2) is 20.9 Å². The number of anilines is 1. The van der Waals surface area contributed by atoms with Crippen molar-refractivity contribution in [3.63, 3.8) is 0 Å². The van der Waals surface area contributed by atoms with E-state index in [0.717, 1.165) is 0 Å². The number of aryl methyl sites for hydroxylation is 1. The molecule has 0 saturated heterocycles. The van der Waals surface area contributed by atoms with Crippen LogP contribution in [0, 0.1) is 0 Å². The van der Waals surface area contributed by atoms with Crippen LogP contribution < -0.4 is 5.32 Å². The third-order valence-electron chi connectivity index (χ3n) is 2.01. The topological polar surface area (TPSA) is 59.8 Å². The Labute approximate surface area is 107 Å². The third-order valence-corrected chi connectivity index (χ3v) is 2.75. The van der Waals surface area contributed by atoms with Gasteiger partial charge >= 0.3 is 0 Å². The Hall–Kier alpha value is -1.59. The summed E-state index contributed by atoms with van der Waals surface area (Å²) in [5.74, 6) is -0.350. The van der Waals surface area contributed by atoms with E-state index in [1.807, 2.05) is 0 Å². The quantitative estimate of drug-likeness (QED) is 0.912. The van der Waals surface area contributed by atoms with E-state index in [-0.39, 0.29) is 11.6 Å². The molecule has 2 rings (SSSR count). The molecule has 1 aromatic carbocycles. The van der Waals surface area contributed by atoms with Crippen molar-refractivity contribution in [2.45, 2.75) is 0 Å². The van der Waals surface area contributed by atoms with Crippen molar-refractivity contribution in [2.75, 3.05) is 5.32 Å². The van der Waals surface area contributed by atoms with E-state index in [0.29, 0.717) is 15.7 Å². The molecule has 0 unspecified atom stereocenters. The Morgan fingerprint density at radius 3 is 2.71 bits per heavy atom. The Kier molecular flexibility index (Phi) is 3.31. The number of nitrogens with zero attached hydrogens (tertiary/aromatic N) is 3. The molecule has 0 fully saturated rings. The highest BCUT2D eigenvalue weighted by molar-refractivity contribution is 6.42. The number of amides is 1. The lowest BCUT2D eigenvalue weighted by atomic mass is 10.3. The van der Waals surface area contributed by atoms with Gasteiger partial charge in [0.15, 0.2) is 5.69 Å². The molecule has 5 nitrogen and oxygen atoms in total. The summed E-state index contributed by atoms with van der Waals surface area (Å²) in [6.45, 7) is 0. The predicted molar refractivity (Wildman–Crippen MR) is 65.4 cm³/mol. The van der Waals surface area contributed by atoms with E-state index in [1.165, 1.54) is 11.0 Å². The fraction of sp³-hybridized carbons (Fsp3) is 0.100. The average molecular weight is 271 g/mol. The smallest absolute Gasteiger partial charge is 0.277 e. The zero-order valence-electron chi connectivity index (χ0n) is 8.82. The SMILES string of the molecule is Cn1ncc(C(=O)Nc2ccc(Cl)c(Cl)c2)n1. The summed E-state index contributed by atoms with van der Waals surface area (Å²) in [6.07, 6.45) is 1.38. The lowest BCUT2D eigenvalue weighted by Crippen LogP contribution is -2.12. The van der Waals surface area contributed by atoms with Crippen LogP contribution in [0.3, 0.4) is 0 Å². The molecule has 2 aromatic rings. The number of halogens is 2. The van der Waals surface area contributed by atoms with Crippen molar-refractivity contribution in [2.24, 2.45) is 7.05 Å². The van der Waals surface area contributed by atoms with Crippen molar-refractivity contribution in [1.29, 1.82) is 0 Å². The Bertz CT molecular complexity index is 567. The first-order valence-corrected chi connectivity index (χ1v) is 5.44. The molecular weight excluding hydrogens is 263 g/mol. The van der Waals surface area contributed by atoms with Crippen LogP contribution in [0.1, 0.15) is 10.5 Å². The van der Waals surface area contributed by atoms with Gasteiger partial charge in [-0.3, -0.25) is 4.79 Å². The number of aromatic nitrogens is 3. The van der Waals surface area contributed by atoms with E-state index in [9.17, 15) is 4.79 Å². The molecule has 7 heteroatoms. The Morgan fingerprint density at radius 2 is 2.12 bits per heavy atom. The molecule has 0 spiro atoms. The summed E-state index contributed by atoms with van der Waals surface area (Å²) in [6, 6.07) is 4.83. The second-order valence-electron chi connectivity index (χ2n) is 3.30. The van der Waals surface area contributed by atoms with Gasteiger partial charge < -0.3 is 5.32 Å². The summed E-state index contributed by atoms with van der Waals surface area (Å²) in [4.78, 5) is 13.0. The molecule has 17 heavy (non-hydrogen) atoms. The summed E-state index contributed by atoms with van der Waals surface area (Å²) in [7, 11) is 1.63. The zero-order valence-corrected chi connectivity index (χ0v) is 10.3. The largest absolute Gasteiger partial charge is 0.320 e. The second kappa shape index (κ2) is 4.73. The lowest BCUT2D eigenvalue weighted by molar-refractivity contribution is 0.102. The van der Waals surface area contributed by atoms with Gasteiger partial charge in [0.1, 0.15) is 0 Å². The predicted octanol–water partition coefficient (Wildman–Crippen LogP) is 2.37. The second-order valence-corrected chi connectivity index (χ2v) is 4.12. The van der Waals surface area contributed by atoms with Gasteiger partial charge in [0.05, 0.1) is 16.2 Å². The molecule has 0 radical (unpaired) electrons. The molecule has 1 N–H and O–H groups in total. The van der Waals surface area contributed by atoms with Gasteiger partial charge in [0.2, 0.25) is 0 Å². The fourth-order valence-electron chi connectivity index (χ4n) is 1.22. The van der Waals surface area contributed by atoms with Crippen LogP contribution in [0.15, 0.2) is 24.4 Å². The fourth-order valence-corrected chi connectivity index (χ4v) is 1.52. The van der Waals surface area contributed by atoms with Crippen molar-refractivity contribution in [3.05, 3.63) is 40.1 Å². The minimum atomic E-state index is -0.350. The summed E-state index contributed by atoms with van der Waals surface area (Å²) in [5, 5.41) is 11.1. The first-order valence-electron chi connectivity index (χ1n) is 4.69. The van der Waals surface area contributed by atoms with Gasteiger partial charge in [0.25, 0.3) is 5.91 Å². The summed E-state index contributed by atoms with van der Waals surface area (Å²) in [5.41, 5.74) is 0.786. The van der Waals surface area contributed by atoms with Crippen molar-refractivity contribution in [1.82, 2.24) is 15.0 Å². The molecule has 0 bridgehead atoms. The number of hydrogen-bond donors (Lipinski definition) is 1.